The van der Waals surface area contributed by atoms with Crippen molar-refractivity contribution in [2.24, 2.45) is 0 Å². The predicted molar refractivity (Wildman–Crippen MR) is 139 cm³/mol. The van der Waals surface area contributed by atoms with Crippen molar-refractivity contribution in [2.45, 2.75) is 6.42 Å². The molecule has 0 saturated carbocycles. The number of aromatic amines is 1. The highest BCUT2D eigenvalue weighted by Gasteiger charge is 2.21. The number of aromatic carboxylic acids is 1. The number of aromatic nitrogens is 4. The molecule has 0 unspecified atom stereocenters. The molecule has 0 spiro atoms. The molecule has 0 atom stereocenters. The van der Waals surface area contributed by atoms with E-state index in [2.05, 4.69) is 31.3 Å². The van der Waals surface area contributed by atoms with Crippen LogP contribution in [0.4, 0.5) is 11.5 Å². The van der Waals surface area contributed by atoms with Crippen LogP contribution in [0.25, 0.3) is 26.8 Å². The number of carbonyl (C=O) groups excluding carboxylic acids is 1. The van der Waals surface area contributed by atoms with E-state index in [-0.39, 0.29) is 11.5 Å². The van der Waals surface area contributed by atoms with Gasteiger partial charge >= 0.3 is 5.97 Å². The quantitative estimate of drug-likeness (QED) is 0.315. The number of anilines is 2. The minimum atomic E-state index is -1.05. The number of amides is 1. The number of fused-ring (bicyclic) bond motifs is 2. The molecule has 4 heterocycles. The molecule has 1 aliphatic heterocycles. The van der Waals surface area contributed by atoms with E-state index in [0.717, 1.165) is 38.2 Å². The molecule has 1 amide bonds. The Balaban J connectivity index is 1.22. The number of hydrogen-bond acceptors (Lipinski definition) is 7. The highest BCUT2D eigenvalue weighted by molar-refractivity contribution is 7.16. The topological polar surface area (TPSA) is 124 Å². The Morgan fingerprint density at radius 2 is 1.94 bits per heavy atom. The number of carboxylic acid groups (broad SMARTS) is 1. The smallest absolute Gasteiger partial charge is 0.335 e. The molecule has 5 aromatic rings. The molecular weight excluding hydrogens is 476 g/mol. The van der Waals surface area contributed by atoms with Gasteiger partial charge in [-0.15, -0.1) is 11.3 Å². The molecule has 0 saturated heterocycles. The summed E-state index contributed by atoms with van der Waals surface area (Å²) in [5, 5.41) is 13.5. The van der Waals surface area contributed by atoms with Crippen LogP contribution in [0.1, 0.15) is 32.8 Å². The average molecular weight is 497 g/mol. The van der Waals surface area contributed by atoms with Gasteiger partial charge in [-0.05, 0) is 54.5 Å². The van der Waals surface area contributed by atoms with Crippen LogP contribution in [-0.4, -0.2) is 54.9 Å². The summed E-state index contributed by atoms with van der Waals surface area (Å²) in [6.07, 6.45) is 4.21. The number of H-pyrrole nitrogens is 1. The van der Waals surface area contributed by atoms with E-state index < -0.39 is 5.97 Å². The van der Waals surface area contributed by atoms with Gasteiger partial charge in [-0.25, -0.2) is 19.7 Å². The normalized spacial score (nSPS) is 13.7. The van der Waals surface area contributed by atoms with Crippen LogP contribution in [0.2, 0.25) is 0 Å². The monoisotopic (exact) mass is 496 g/mol. The second kappa shape index (κ2) is 8.90. The summed E-state index contributed by atoms with van der Waals surface area (Å²) < 4.78 is 1.10. The Morgan fingerprint density at radius 3 is 2.78 bits per heavy atom. The summed E-state index contributed by atoms with van der Waals surface area (Å²) in [4.78, 5) is 42.4. The molecule has 2 aromatic carbocycles. The minimum Gasteiger partial charge on any atom is -0.478 e. The maximum atomic E-state index is 12.9. The van der Waals surface area contributed by atoms with E-state index in [9.17, 15) is 14.7 Å². The summed E-state index contributed by atoms with van der Waals surface area (Å²) in [5.74, 6) is -0.525. The molecule has 0 fully saturated rings. The zero-order valence-electron chi connectivity index (χ0n) is 18.9. The summed E-state index contributed by atoms with van der Waals surface area (Å²) in [6, 6.07) is 14.2. The third-order valence-corrected chi connectivity index (χ3v) is 7.01. The molecule has 178 valence electrons. The maximum absolute atomic E-state index is 12.9. The van der Waals surface area contributed by atoms with Crippen LogP contribution >= 0.6 is 11.3 Å². The summed E-state index contributed by atoms with van der Waals surface area (Å²) in [5.41, 5.74) is 6.95. The molecule has 1 aliphatic rings. The van der Waals surface area contributed by atoms with Crippen LogP contribution < -0.4 is 5.32 Å². The Hall–Kier alpha value is -4.57. The van der Waals surface area contributed by atoms with Crippen molar-refractivity contribution in [2.75, 3.05) is 18.4 Å². The van der Waals surface area contributed by atoms with Gasteiger partial charge in [0.05, 0.1) is 26.7 Å². The van der Waals surface area contributed by atoms with E-state index >= 15 is 0 Å². The third kappa shape index (κ3) is 4.07. The van der Waals surface area contributed by atoms with E-state index in [1.807, 2.05) is 29.8 Å². The van der Waals surface area contributed by atoms with Crippen LogP contribution in [0.15, 0.2) is 66.4 Å². The lowest BCUT2D eigenvalue weighted by molar-refractivity contribution is 0.0697. The number of carbonyl (C=O) groups is 2. The van der Waals surface area contributed by atoms with Crippen molar-refractivity contribution in [3.8, 4) is 0 Å². The van der Waals surface area contributed by atoms with Crippen molar-refractivity contribution in [3.63, 3.8) is 0 Å². The van der Waals surface area contributed by atoms with E-state index in [1.54, 1.807) is 28.4 Å². The molecule has 0 aliphatic carbocycles. The molecular formula is C26H20N6O3S. The standard InChI is InChI=1S/C26H20N6O3S/c33-25(16-2-1-3-17(10-16)26(34)35)32-8-6-15(7-9-32)21-12-19-23(27-13-28-24(19)31-21)30-18-4-5-20-22(11-18)36-14-29-20/h1-6,10-14H,7-9H2,(H,34,35)(H2,27,28,30,31). The highest BCUT2D eigenvalue weighted by atomic mass is 32.1. The second-order valence-electron chi connectivity index (χ2n) is 8.44. The largest absolute Gasteiger partial charge is 0.478 e. The summed E-state index contributed by atoms with van der Waals surface area (Å²) >= 11 is 1.59. The molecule has 36 heavy (non-hydrogen) atoms. The molecule has 0 radical (unpaired) electrons. The maximum Gasteiger partial charge on any atom is 0.335 e. The Bertz CT molecular complexity index is 1670. The molecule has 3 aromatic heterocycles. The van der Waals surface area contributed by atoms with Gasteiger partial charge in [-0.1, -0.05) is 12.1 Å². The second-order valence-corrected chi connectivity index (χ2v) is 9.33. The first kappa shape index (κ1) is 21.9. The lowest BCUT2D eigenvalue weighted by atomic mass is 10.0. The zero-order valence-corrected chi connectivity index (χ0v) is 19.7. The fourth-order valence-corrected chi connectivity index (χ4v) is 5.06. The Kier molecular flexibility index (Phi) is 5.42. The number of benzene rings is 2. The van der Waals surface area contributed by atoms with E-state index in [0.29, 0.717) is 30.9 Å². The third-order valence-electron chi connectivity index (χ3n) is 6.22. The van der Waals surface area contributed by atoms with Gasteiger partial charge in [0, 0.05) is 30.0 Å². The fraction of sp³-hybridized carbons (Fsp3) is 0.115. The first-order valence-corrected chi connectivity index (χ1v) is 12.2. The number of nitrogens with one attached hydrogen (secondary N) is 2. The van der Waals surface area contributed by atoms with Gasteiger partial charge in [0.25, 0.3) is 5.91 Å². The Labute approximate surface area is 209 Å². The van der Waals surface area contributed by atoms with E-state index in [4.69, 9.17) is 0 Å². The summed E-state index contributed by atoms with van der Waals surface area (Å²) in [6.45, 7) is 0.968. The number of carboxylic acids is 1. The van der Waals surface area contributed by atoms with Gasteiger partial charge < -0.3 is 20.3 Å². The van der Waals surface area contributed by atoms with Gasteiger partial charge in [0.15, 0.2) is 0 Å². The zero-order chi connectivity index (χ0) is 24.6. The van der Waals surface area contributed by atoms with Gasteiger partial charge in [0.1, 0.15) is 17.8 Å². The fourth-order valence-electron chi connectivity index (χ4n) is 4.35. The predicted octanol–water partition coefficient (Wildman–Crippen LogP) is 4.94. The molecule has 3 N–H and O–H groups in total. The lowest BCUT2D eigenvalue weighted by Crippen LogP contribution is -2.34. The summed E-state index contributed by atoms with van der Waals surface area (Å²) in [7, 11) is 0. The highest BCUT2D eigenvalue weighted by Crippen LogP contribution is 2.30. The number of hydrogen-bond donors (Lipinski definition) is 3. The average Bonchev–Trinajstić information content (AvgIpc) is 3.56. The van der Waals surface area contributed by atoms with Crippen molar-refractivity contribution < 1.29 is 14.7 Å². The van der Waals surface area contributed by atoms with E-state index in [1.165, 1.54) is 18.5 Å². The molecule has 0 bridgehead atoms. The lowest BCUT2D eigenvalue weighted by Gasteiger charge is -2.26. The van der Waals surface area contributed by atoms with Crippen molar-refractivity contribution in [1.82, 2.24) is 24.8 Å². The van der Waals surface area contributed by atoms with Crippen LogP contribution in [0, 0.1) is 0 Å². The van der Waals surface area contributed by atoms with Crippen LogP contribution in [0.3, 0.4) is 0 Å². The SMILES string of the molecule is O=C(O)c1cccc(C(=O)N2CC=C(c3cc4c(Nc5ccc6ncsc6c5)ncnc4[nH]3)CC2)c1. The number of thiazole rings is 1. The molecule has 6 rings (SSSR count). The first-order chi connectivity index (χ1) is 17.5. The van der Waals surface area contributed by atoms with Gasteiger partial charge in [-0.3, -0.25) is 4.79 Å². The van der Waals surface area contributed by atoms with Crippen molar-refractivity contribution in [1.29, 1.82) is 0 Å². The number of rotatable bonds is 5. The molecule has 9 nitrogen and oxygen atoms in total. The van der Waals surface area contributed by atoms with Gasteiger partial charge in [0.2, 0.25) is 0 Å². The first-order valence-electron chi connectivity index (χ1n) is 11.3. The van der Waals surface area contributed by atoms with Crippen molar-refractivity contribution >= 4 is 61.5 Å². The Morgan fingerprint density at radius 1 is 1.06 bits per heavy atom. The van der Waals surface area contributed by atoms with Crippen LogP contribution in [0.5, 0.6) is 0 Å². The molecule has 10 heteroatoms. The van der Waals surface area contributed by atoms with Gasteiger partial charge in [-0.2, -0.15) is 0 Å². The minimum absolute atomic E-state index is 0.102. The van der Waals surface area contributed by atoms with Crippen LogP contribution in [-0.2, 0) is 0 Å². The van der Waals surface area contributed by atoms with Crippen molar-refractivity contribution in [3.05, 3.63) is 83.3 Å². The number of nitrogens with zero attached hydrogens (tertiary/aromatic N) is 4.